The molecule has 3 N–H and O–H groups in total. The molecule has 1 amide bonds. The summed E-state index contributed by atoms with van der Waals surface area (Å²) in [6.07, 6.45) is 4.01. The minimum absolute atomic E-state index is 0.00163. The topological polar surface area (TPSA) is 97.6 Å². The lowest BCUT2D eigenvalue weighted by atomic mass is 9.64. The molecule has 1 aromatic heterocycles. The maximum Gasteiger partial charge on any atom is 0.252 e. The van der Waals surface area contributed by atoms with Gasteiger partial charge in [0, 0.05) is 53.9 Å². The molecule has 190 valence electrons. The van der Waals surface area contributed by atoms with E-state index in [2.05, 4.69) is 36.7 Å². The molecule has 2 heterocycles. The standard InChI is InChI=1S/C28H39N3O4/c1-6-22-14-21(10-11-34-22)31(16-24-17(2)12-18(3)30-27(24)33)28(5)15-25(19(28)4)35-23-9-7-8-20(13-23)26(29)32/h7-9,12-13,19,21-22,25H,6,10-11,14-16H2,1-5H3,(H2,29,32)(H,30,33). The average Bonchev–Trinajstić information content (AvgIpc) is 2.83. The van der Waals surface area contributed by atoms with E-state index < -0.39 is 5.91 Å². The number of primary amides is 1. The van der Waals surface area contributed by atoms with Gasteiger partial charge in [0.15, 0.2) is 0 Å². The number of amides is 1. The Morgan fingerprint density at radius 1 is 1.31 bits per heavy atom. The number of benzene rings is 1. The number of aryl methyl sites for hydroxylation is 2. The molecule has 4 rings (SSSR count). The van der Waals surface area contributed by atoms with Crippen LogP contribution >= 0.6 is 0 Å². The van der Waals surface area contributed by atoms with Crippen LogP contribution in [0.4, 0.5) is 0 Å². The van der Waals surface area contributed by atoms with E-state index in [1.165, 1.54) is 0 Å². The molecule has 0 radical (unpaired) electrons. The Hall–Kier alpha value is -2.64. The number of nitrogens with zero attached hydrogens (tertiary/aromatic N) is 1. The van der Waals surface area contributed by atoms with E-state index >= 15 is 0 Å². The molecule has 1 saturated heterocycles. The number of pyridine rings is 1. The predicted octanol–water partition coefficient (Wildman–Crippen LogP) is 4.10. The summed E-state index contributed by atoms with van der Waals surface area (Å²) in [5, 5.41) is 0. The van der Waals surface area contributed by atoms with Crippen molar-refractivity contribution in [1.29, 1.82) is 0 Å². The molecule has 2 fully saturated rings. The highest BCUT2D eigenvalue weighted by Gasteiger charge is 2.55. The van der Waals surface area contributed by atoms with Crippen molar-refractivity contribution < 1.29 is 14.3 Å². The van der Waals surface area contributed by atoms with Crippen LogP contribution in [0, 0.1) is 19.8 Å². The van der Waals surface area contributed by atoms with Crippen LogP contribution in [0.3, 0.4) is 0 Å². The summed E-state index contributed by atoms with van der Waals surface area (Å²) < 4.78 is 12.3. The molecule has 1 aliphatic heterocycles. The van der Waals surface area contributed by atoms with Crippen LogP contribution in [0.1, 0.15) is 73.6 Å². The SMILES string of the molecule is CCC1CC(N(Cc2c(C)cc(C)[nH]c2=O)C2(C)CC(Oc3cccc(C(N)=O)c3)C2C)CCO1. The lowest BCUT2D eigenvalue weighted by Gasteiger charge is -2.59. The number of ether oxygens (including phenoxy) is 2. The van der Waals surface area contributed by atoms with Crippen molar-refractivity contribution in [3.63, 3.8) is 0 Å². The molecule has 2 aliphatic rings. The van der Waals surface area contributed by atoms with Crippen LogP contribution in [0.25, 0.3) is 0 Å². The van der Waals surface area contributed by atoms with E-state index in [0.29, 0.717) is 23.9 Å². The van der Waals surface area contributed by atoms with Crippen LogP contribution < -0.4 is 16.0 Å². The second-order valence-electron chi connectivity index (χ2n) is 10.5. The van der Waals surface area contributed by atoms with Gasteiger partial charge in [0.25, 0.3) is 5.56 Å². The zero-order valence-corrected chi connectivity index (χ0v) is 21.6. The summed E-state index contributed by atoms with van der Waals surface area (Å²) in [5.74, 6) is 0.430. The van der Waals surface area contributed by atoms with E-state index in [9.17, 15) is 9.59 Å². The molecular formula is C28H39N3O4. The number of H-pyrrole nitrogens is 1. The lowest BCUT2D eigenvalue weighted by molar-refractivity contribution is -0.146. The van der Waals surface area contributed by atoms with Gasteiger partial charge in [0.1, 0.15) is 11.9 Å². The van der Waals surface area contributed by atoms with Crippen molar-refractivity contribution in [1.82, 2.24) is 9.88 Å². The van der Waals surface area contributed by atoms with Crippen LogP contribution in [0.2, 0.25) is 0 Å². The molecule has 0 bridgehead atoms. The first-order chi connectivity index (χ1) is 16.6. The van der Waals surface area contributed by atoms with Crippen molar-refractivity contribution in [3.8, 4) is 5.75 Å². The zero-order valence-electron chi connectivity index (χ0n) is 21.6. The summed E-state index contributed by atoms with van der Waals surface area (Å²) >= 11 is 0. The highest BCUT2D eigenvalue weighted by molar-refractivity contribution is 5.93. The molecule has 2 aromatic rings. The first kappa shape index (κ1) is 25.5. The predicted molar refractivity (Wildman–Crippen MR) is 137 cm³/mol. The first-order valence-electron chi connectivity index (χ1n) is 12.8. The Balaban J connectivity index is 1.59. The molecule has 7 nitrogen and oxygen atoms in total. The van der Waals surface area contributed by atoms with E-state index in [0.717, 1.165) is 49.1 Å². The van der Waals surface area contributed by atoms with E-state index in [4.69, 9.17) is 15.2 Å². The molecule has 5 unspecified atom stereocenters. The molecule has 0 spiro atoms. The smallest absolute Gasteiger partial charge is 0.252 e. The summed E-state index contributed by atoms with van der Waals surface area (Å²) in [6, 6.07) is 9.46. The fourth-order valence-electron chi connectivity index (χ4n) is 5.83. The molecule has 1 aromatic carbocycles. The lowest BCUT2D eigenvalue weighted by Crippen LogP contribution is -2.68. The maximum atomic E-state index is 12.9. The molecule has 1 aliphatic carbocycles. The number of rotatable bonds is 8. The summed E-state index contributed by atoms with van der Waals surface area (Å²) in [6.45, 7) is 12.0. The van der Waals surface area contributed by atoms with Gasteiger partial charge in [0.05, 0.1) is 6.10 Å². The molecule has 5 atom stereocenters. The van der Waals surface area contributed by atoms with Crippen LogP contribution in [-0.2, 0) is 11.3 Å². The number of carbonyl (C=O) groups excluding carboxylic acids is 1. The van der Waals surface area contributed by atoms with Gasteiger partial charge < -0.3 is 20.2 Å². The van der Waals surface area contributed by atoms with E-state index in [1.54, 1.807) is 18.2 Å². The van der Waals surface area contributed by atoms with Crippen molar-refractivity contribution in [2.24, 2.45) is 11.7 Å². The van der Waals surface area contributed by atoms with Crippen molar-refractivity contribution in [2.45, 2.75) is 90.6 Å². The van der Waals surface area contributed by atoms with Gasteiger partial charge in [-0.3, -0.25) is 14.5 Å². The van der Waals surface area contributed by atoms with Crippen molar-refractivity contribution >= 4 is 5.91 Å². The Kier molecular flexibility index (Phi) is 7.38. The Morgan fingerprint density at radius 2 is 2.09 bits per heavy atom. The third-order valence-electron chi connectivity index (χ3n) is 8.27. The third-order valence-corrected chi connectivity index (χ3v) is 8.27. The minimum atomic E-state index is -0.461. The van der Waals surface area contributed by atoms with Gasteiger partial charge in [0.2, 0.25) is 5.91 Å². The number of hydrogen-bond acceptors (Lipinski definition) is 5. The second kappa shape index (κ2) is 10.2. The van der Waals surface area contributed by atoms with Gasteiger partial charge in [-0.05, 0) is 69.9 Å². The third kappa shape index (κ3) is 5.16. The van der Waals surface area contributed by atoms with Gasteiger partial charge in [-0.25, -0.2) is 0 Å². The van der Waals surface area contributed by atoms with Crippen molar-refractivity contribution in [2.75, 3.05) is 6.61 Å². The monoisotopic (exact) mass is 481 g/mol. The number of hydrogen-bond donors (Lipinski definition) is 2. The minimum Gasteiger partial charge on any atom is -0.490 e. The Bertz CT molecular complexity index is 1130. The summed E-state index contributed by atoms with van der Waals surface area (Å²) in [4.78, 5) is 30.1. The Labute approximate surface area is 208 Å². The van der Waals surface area contributed by atoms with Gasteiger partial charge >= 0.3 is 0 Å². The summed E-state index contributed by atoms with van der Waals surface area (Å²) in [7, 11) is 0. The molecular weight excluding hydrogens is 442 g/mol. The second-order valence-corrected chi connectivity index (χ2v) is 10.5. The fraction of sp³-hybridized carbons (Fsp3) is 0.571. The number of carbonyl (C=O) groups is 1. The average molecular weight is 482 g/mol. The number of aromatic nitrogens is 1. The summed E-state index contributed by atoms with van der Waals surface area (Å²) in [5.41, 5.74) is 8.51. The Morgan fingerprint density at radius 3 is 2.74 bits per heavy atom. The van der Waals surface area contributed by atoms with Crippen LogP contribution in [-0.4, -0.2) is 46.2 Å². The first-order valence-corrected chi connectivity index (χ1v) is 12.8. The van der Waals surface area contributed by atoms with Crippen LogP contribution in [0.5, 0.6) is 5.75 Å². The number of nitrogens with two attached hydrogens (primary N) is 1. The van der Waals surface area contributed by atoms with E-state index in [1.807, 2.05) is 19.9 Å². The highest BCUT2D eigenvalue weighted by Crippen LogP contribution is 2.48. The van der Waals surface area contributed by atoms with Crippen LogP contribution in [0.15, 0.2) is 35.1 Å². The largest absolute Gasteiger partial charge is 0.490 e. The fourth-order valence-corrected chi connectivity index (χ4v) is 5.83. The molecule has 7 heteroatoms. The van der Waals surface area contributed by atoms with E-state index in [-0.39, 0.29) is 29.2 Å². The highest BCUT2D eigenvalue weighted by atomic mass is 16.5. The zero-order chi connectivity index (χ0) is 25.3. The van der Waals surface area contributed by atoms with Crippen molar-refractivity contribution in [3.05, 3.63) is 63.1 Å². The van der Waals surface area contributed by atoms with Gasteiger partial charge in [-0.2, -0.15) is 0 Å². The quantitative estimate of drug-likeness (QED) is 0.592. The molecule has 1 saturated carbocycles. The number of nitrogens with one attached hydrogen (secondary N) is 1. The van der Waals surface area contributed by atoms with Gasteiger partial charge in [-0.1, -0.05) is 19.9 Å². The molecule has 35 heavy (non-hydrogen) atoms. The normalized spacial score (nSPS) is 28.5. The number of aromatic amines is 1. The maximum absolute atomic E-state index is 12.9. The van der Waals surface area contributed by atoms with Gasteiger partial charge in [-0.15, -0.1) is 0 Å².